The molecule has 0 bridgehead atoms. The molecule has 1 rings (SSSR count). The van der Waals surface area contributed by atoms with E-state index in [1.165, 1.54) is 0 Å². The Bertz CT molecular complexity index is 284. The molecule has 0 unspecified atom stereocenters. The van der Waals surface area contributed by atoms with Crippen LogP contribution in [0.25, 0.3) is 0 Å². The van der Waals surface area contributed by atoms with E-state index < -0.39 is 12.8 Å². The van der Waals surface area contributed by atoms with Crippen molar-refractivity contribution < 1.29 is 18.0 Å². The number of hydroxylamine groups is 1. The third-order valence-corrected chi connectivity index (χ3v) is 1.37. The molecule has 0 aliphatic rings. The first-order valence-electron chi connectivity index (χ1n) is 3.86. The molecular formula is C7H10F3N3O. The van der Waals surface area contributed by atoms with Crippen molar-refractivity contribution in [3.8, 4) is 0 Å². The molecule has 1 aromatic rings. The summed E-state index contributed by atoms with van der Waals surface area (Å²) in [5, 5.41) is 3.84. The molecule has 0 fully saturated rings. The van der Waals surface area contributed by atoms with E-state index in [1.54, 1.807) is 24.1 Å². The van der Waals surface area contributed by atoms with Crippen molar-refractivity contribution in [3.05, 3.63) is 18.0 Å². The standard InChI is InChI=1S/C7H10F3N3O/c1-13-4-6(2-11-13)3-12-14-5-7(8,9)10/h2,4,12H,3,5H2,1H3. The number of alkyl halides is 3. The van der Waals surface area contributed by atoms with Gasteiger partial charge in [0.2, 0.25) is 0 Å². The minimum atomic E-state index is -4.30. The highest BCUT2D eigenvalue weighted by Crippen LogP contribution is 2.13. The molecule has 4 nitrogen and oxygen atoms in total. The van der Waals surface area contributed by atoms with Gasteiger partial charge in [0.25, 0.3) is 0 Å². The molecule has 0 aliphatic carbocycles. The molecule has 0 radical (unpaired) electrons. The van der Waals surface area contributed by atoms with Crippen LogP contribution in [-0.4, -0.2) is 22.6 Å². The molecule has 14 heavy (non-hydrogen) atoms. The minimum Gasteiger partial charge on any atom is -0.292 e. The Morgan fingerprint density at radius 2 is 2.29 bits per heavy atom. The fourth-order valence-corrected chi connectivity index (χ4v) is 0.830. The van der Waals surface area contributed by atoms with Gasteiger partial charge in [0.15, 0.2) is 6.61 Å². The van der Waals surface area contributed by atoms with Crippen LogP contribution in [-0.2, 0) is 18.4 Å². The van der Waals surface area contributed by atoms with Gasteiger partial charge in [-0.25, -0.2) is 0 Å². The topological polar surface area (TPSA) is 39.1 Å². The lowest BCUT2D eigenvalue weighted by Gasteiger charge is -2.07. The second-order valence-corrected chi connectivity index (χ2v) is 2.75. The highest BCUT2D eigenvalue weighted by Gasteiger charge is 2.27. The number of rotatable bonds is 4. The third-order valence-electron chi connectivity index (χ3n) is 1.37. The number of hydrogen-bond donors (Lipinski definition) is 1. The molecule has 0 amide bonds. The predicted molar refractivity (Wildman–Crippen MR) is 42.1 cm³/mol. The summed E-state index contributed by atoms with van der Waals surface area (Å²) >= 11 is 0. The fraction of sp³-hybridized carbons (Fsp3) is 0.571. The van der Waals surface area contributed by atoms with Crippen LogP contribution in [0.4, 0.5) is 13.2 Å². The zero-order chi connectivity index (χ0) is 10.6. The Balaban J connectivity index is 2.16. The average Bonchev–Trinajstić information content (AvgIpc) is 2.44. The summed E-state index contributed by atoms with van der Waals surface area (Å²) < 4.78 is 36.4. The fourth-order valence-electron chi connectivity index (χ4n) is 0.830. The first kappa shape index (κ1) is 11.0. The van der Waals surface area contributed by atoms with Crippen molar-refractivity contribution in [1.29, 1.82) is 0 Å². The summed E-state index contributed by atoms with van der Waals surface area (Å²) in [6.45, 7) is -1.10. The summed E-state index contributed by atoms with van der Waals surface area (Å²) in [7, 11) is 1.72. The maximum Gasteiger partial charge on any atom is 0.413 e. The van der Waals surface area contributed by atoms with Crippen LogP contribution in [0, 0.1) is 0 Å². The molecule has 0 aliphatic heterocycles. The first-order chi connectivity index (χ1) is 6.47. The van der Waals surface area contributed by atoms with Gasteiger partial charge in [-0.05, 0) is 0 Å². The lowest BCUT2D eigenvalue weighted by Crippen LogP contribution is -2.24. The Morgan fingerprint density at radius 3 is 2.79 bits per heavy atom. The van der Waals surface area contributed by atoms with Gasteiger partial charge in [0.1, 0.15) is 0 Å². The summed E-state index contributed by atoms with van der Waals surface area (Å²) in [6, 6.07) is 0. The van der Waals surface area contributed by atoms with Crippen LogP contribution in [0.15, 0.2) is 12.4 Å². The van der Waals surface area contributed by atoms with E-state index in [1.807, 2.05) is 0 Å². The number of aryl methyl sites for hydroxylation is 1. The van der Waals surface area contributed by atoms with Crippen molar-refractivity contribution in [3.63, 3.8) is 0 Å². The van der Waals surface area contributed by atoms with E-state index in [0.717, 1.165) is 5.56 Å². The largest absolute Gasteiger partial charge is 0.413 e. The van der Waals surface area contributed by atoms with Gasteiger partial charge in [-0.2, -0.15) is 23.8 Å². The van der Waals surface area contributed by atoms with E-state index in [2.05, 4.69) is 15.4 Å². The zero-order valence-electron chi connectivity index (χ0n) is 7.51. The molecule has 0 saturated heterocycles. The van der Waals surface area contributed by atoms with E-state index in [-0.39, 0.29) is 6.54 Å². The first-order valence-corrected chi connectivity index (χ1v) is 3.86. The van der Waals surface area contributed by atoms with Gasteiger partial charge in [0, 0.05) is 25.4 Å². The summed E-state index contributed by atoms with van der Waals surface area (Å²) in [4.78, 5) is 4.20. The lowest BCUT2D eigenvalue weighted by atomic mass is 10.4. The number of hydrogen-bond acceptors (Lipinski definition) is 3. The normalized spacial score (nSPS) is 12.0. The van der Waals surface area contributed by atoms with Gasteiger partial charge in [-0.3, -0.25) is 9.52 Å². The molecule has 0 atom stereocenters. The van der Waals surface area contributed by atoms with E-state index >= 15 is 0 Å². The molecule has 0 saturated carbocycles. The van der Waals surface area contributed by atoms with Gasteiger partial charge in [0.05, 0.1) is 6.20 Å². The van der Waals surface area contributed by atoms with Crippen LogP contribution >= 0.6 is 0 Å². The summed E-state index contributed by atoms with van der Waals surface area (Å²) in [5.74, 6) is 0. The lowest BCUT2D eigenvalue weighted by molar-refractivity contribution is -0.190. The Hall–Kier alpha value is -1.08. The van der Waals surface area contributed by atoms with Gasteiger partial charge in [-0.15, -0.1) is 0 Å². The van der Waals surface area contributed by atoms with E-state index in [9.17, 15) is 13.2 Å². The maximum atomic E-state index is 11.6. The van der Waals surface area contributed by atoms with Crippen molar-refractivity contribution >= 4 is 0 Å². The monoisotopic (exact) mass is 209 g/mol. The van der Waals surface area contributed by atoms with Crippen molar-refractivity contribution in [1.82, 2.24) is 15.3 Å². The SMILES string of the molecule is Cn1cc(CNOCC(F)(F)F)cn1. The van der Waals surface area contributed by atoms with Crippen molar-refractivity contribution in [2.45, 2.75) is 12.7 Å². The smallest absolute Gasteiger partial charge is 0.292 e. The molecule has 0 aromatic carbocycles. The van der Waals surface area contributed by atoms with Gasteiger partial charge < -0.3 is 0 Å². The Morgan fingerprint density at radius 1 is 1.57 bits per heavy atom. The molecule has 80 valence electrons. The van der Waals surface area contributed by atoms with Gasteiger partial charge >= 0.3 is 6.18 Å². The summed E-state index contributed by atoms with van der Waals surface area (Å²) in [6.07, 6.45) is -1.07. The molecule has 7 heteroatoms. The van der Waals surface area contributed by atoms with Crippen LogP contribution in [0.5, 0.6) is 0 Å². The van der Waals surface area contributed by atoms with Crippen LogP contribution < -0.4 is 5.48 Å². The summed E-state index contributed by atoms with van der Waals surface area (Å²) in [5.41, 5.74) is 2.96. The molecule has 0 spiro atoms. The van der Waals surface area contributed by atoms with Crippen LogP contribution in [0.1, 0.15) is 5.56 Å². The highest BCUT2D eigenvalue weighted by atomic mass is 19.4. The number of halogens is 3. The predicted octanol–water partition coefficient (Wildman–Crippen LogP) is 1.00. The third kappa shape index (κ3) is 4.24. The maximum absolute atomic E-state index is 11.6. The second kappa shape index (κ2) is 4.43. The van der Waals surface area contributed by atoms with Gasteiger partial charge in [-0.1, -0.05) is 0 Å². The molecule has 1 aromatic heterocycles. The highest BCUT2D eigenvalue weighted by molar-refractivity contribution is 5.02. The zero-order valence-corrected chi connectivity index (χ0v) is 7.51. The van der Waals surface area contributed by atoms with E-state index in [4.69, 9.17) is 0 Å². The molecular weight excluding hydrogens is 199 g/mol. The Kier molecular flexibility index (Phi) is 3.48. The number of nitrogens with one attached hydrogen (secondary N) is 1. The quantitative estimate of drug-likeness (QED) is 0.594. The minimum absolute atomic E-state index is 0.198. The van der Waals surface area contributed by atoms with Crippen molar-refractivity contribution in [2.24, 2.45) is 7.05 Å². The van der Waals surface area contributed by atoms with Crippen LogP contribution in [0.2, 0.25) is 0 Å². The second-order valence-electron chi connectivity index (χ2n) is 2.75. The van der Waals surface area contributed by atoms with E-state index in [0.29, 0.717) is 0 Å². The number of aromatic nitrogens is 2. The Labute approximate surface area is 78.6 Å². The number of nitrogens with zero attached hydrogens (tertiary/aromatic N) is 2. The molecule has 1 heterocycles. The van der Waals surface area contributed by atoms with Crippen molar-refractivity contribution in [2.75, 3.05) is 6.61 Å². The molecule has 1 N–H and O–H groups in total. The average molecular weight is 209 g/mol. The van der Waals surface area contributed by atoms with Crippen LogP contribution in [0.3, 0.4) is 0 Å².